The lowest BCUT2D eigenvalue weighted by atomic mass is 10.0. The van der Waals surface area contributed by atoms with Gasteiger partial charge in [0.05, 0.1) is 6.61 Å². The normalized spacial score (nSPS) is 27.2. The lowest BCUT2D eigenvalue weighted by molar-refractivity contribution is -0.131. The molecule has 0 saturated carbocycles. The number of aliphatic carboxylic acids is 1. The van der Waals surface area contributed by atoms with Gasteiger partial charge in [-0.1, -0.05) is 5.16 Å². The number of carbonyl (C=O) groups is 2. The Morgan fingerprint density at radius 2 is 2.33 bits per heavy atom. The van der Waals surface area contributed by atoms with E-state index in [0.717, 1.165) is 19.4 Å². The predicted molar refractivity (Wildman–Crippen MR) is 61.1 cm³/mol. The van der Waals surface area contributed by atoms with Crippen LogP contribution in [0.1, 0.15) is 19.3 Å². The standard InChI is InChI=1S/C11H16N2O5/c14-10(9-4-8(11(15)16)13-18-9)12-5-7-2-1-3-17-6-7/h7,9H,1-6H2,(H,12,14)(H,15,16). The summed E-state index contributed by atoms with van der Waals surface area (Å²) in [5.41, 5.74) is -0.115. The molecule has 0 spiro atoms. The zero-order valence-corrected chi connectivity index (χ0v) is 9.92. The minimum absolute atomic E-state index is 0.0162. The Morgan fingerprint density at radius 1 is 1.50 bits per heavy atom. The topological polar surface area (TPSA) is 97.2 Å². The number of oxime groups is 1. The zero-order chi connectivity index (χ0) is 13.0. The fourth-order valence-electron chi connectivity index (χ4n) is 1.97. The molecule has 2 N–H and O–H groups in total. The van der Waals surface area contributed by atoms with Crippen molar-refractivity contribution in [1.29, 1.82) is 0 Å². The number of hydrogen-bond acceptors (Lipinski definition) is 5. The quantitative estimate of drug-likeness (QED) is 0.723. The first-order valence-electron chi connectivity index (χ1n) is 5.98. The molecule has 1 amide bonds. The van der Waals surface area contributed by atoms with Gasteiger partial charge in [0.2, 0.25) is 6.10 Å². The lowest BCUT2D eigenvalue weighted by Gasteiger charge is -2.22. The molecule has 2 aliphatic heterocycles. The number of rotatable bonds is 4. The SMILES string of the molecule is O=C(O)C1=NOC(C(=O)NCC2CCCOC2)C1. The molecule has 2 heterocycles. The highest BCUT2D eigenvalue weighted by molar-refractivity contribution is 6.36. The maximum Gasteiger partial charge on any atom is 0.353 e. The van der Waals surface area contributed by atoms with E-state index in [9.17, 15) is 9.59 Å². The summed E-state index contributed by atoms with van der Waals surface area (Å²) in [6.45, 7) is 1.97. The highest BCUT2D eigenvalue weighted by Crippen LogP contribution is 2.14. The van der Waals surface area contributed by atoms with Crippen LogP contribution in [0.3, 0.4) is 0 Å². The van der Waals surface area contributed by atoms with Crippen molar-refractivity contribution in [3.63, 3.8) is 0 Å². The smallest absolute Gasteiger partial charge is 0.353 e. The van der Waals surface area contributed by atoms with Gasteiger partial charge in [0.1, 0.15) is 0 Å². The van der Waals surface area contributed by atoms with Gasteiger partial charge in [0, 0.05) is 19.6 Å². The van der Waals surface area contributed by atoms with Crippen molar-refractivity contribution in [3.8, 4) is 0 Å². The molecule has 2 aliphatic rings. The summed E-state index contributed by atoms with van der Waals surface area (Å²) in [6.07, 6.45) is 1.23. The summed E-state index contributed by atoms with van der Waals surface area (Å²) in [6, 6.07) is 0. The first-order chi connectivity index (χ1) is 8.66. The number of carboxylic acids is 1. The van der Waals surface area contributed by atoms with E-state index in [1.54, 1.807) is 0 Å². The summed E-state index contributed by atoms with van der Waals surface area (Å²) in [4.78, 5) is 27.1. The molecule has 2 atom stereocenters. The predicted octanol–water partition coefficient (Wildman–Crippen LogP) is -0.241. The van der Waals surface area contributed by atoms with Crippen molar-refractivity contribution in [1.82, 2.24) is 5.32 Å². The minimum Gasteiger partial charge on any atom is -0.477 e. The van der Waals surface area contributed by atoms with E-state index in [4.69, 9.17) is 14.7 Å². The van der Waals surface area contributed by atoms with E-state index in [-0.39, 0.29) is 18.0 Å². The second-order valence-electron chi connectivity index (χ2n) is 4.47. The third-order valence-electron chi connectivity index (χ3n) is 3.03. The highest BCUT2D eigenvalue weighted by Gasteiger charge is 2.31. The molecule has 7 heteroatoms. The molecule has 1 fully saturated rings. The molecule has 2 rings (SSSR count). The van der Waals surface area contributed by atoms with Crippen LogP contribution in [0.5, 0.6) is 0 Å². The van der Waals surface area contributed by atoms with Gasteiger partial charge in [-0.3, -0.25) is 4.79 Å². The maximum absolute atomic E-state index is 11.7. The van der Waals surface area contributed by atoms with E-state index in [1.165, 1.54) is 0 Å². The third-order valence-corrected chi connectivity index (χ3v) is 3.03. The van der Waals surface area contributed by atoms with Gasteiger partial charge in [-0.05, 0) is 18.8 Å². The average Bonchev–Trinajstić information content (AvgIpc) is 2.87. The van der Waals surface area contributed by atoms with Crippen LogP contribution in [0.15, 0.2) is 5.16 Å². The van der Waals surface area contributed by atoms with Crippen LogP contribution in [-0.2, 0) is 19.2 Å². The number of nitrogens with one attached hydrogen (secondary N) is 1. The van der Waals surface area contributed by atoms with Crippen LogP contribution in [0, 0.1) is 5.92 Å². The fourth-order valence-corrected chi connectivity index (χ4v) is 1.97. The van der Waals surface area contributed by atoms with Crippen molar-refractivity contribution in [3.05, 3.63) is 0 Å². The van der Waals surface area contributed by atoms with Crippen LogP contribution in [-0.4, -0.2) is 48.6 Å². The Balaban J connectivity index is 1.71. The van der Waals surface area contributed by atoms with Gasteiger partial charge in [0.25, 0.3) is 5.91 Å². The van der Waals surface area contributed by atoms with Gasteiger partial charge < -0.3 is 20.0 Å². The summed E-state index contributed by atoms with van der Waals surface area (Å²) in [5.74, 6) is -1.14. The lowest BCUT2D eigenvalue weighted by Crippen LogP contribution is -2.39. The Morgan fingerprint density at radius 3 is 2.94 bits per heavy atom. The Hall–Kier alpha value is -1.63. The Kier molecular flexibility index (Phi) is 4.14. The molecule has 0 aromatic carbocycles. The van der Waals surface area contributed by atoms with Crippen molar-refractivity contribution >= 4 is 17.6 Å². The molecule has 0 aromatic rings. The van der Waals surface area contributed by atoms with Gasteiger partial charge in [0.15, 0.2) is 5.71 Å². The summed E-state index contributed by atoms with van der Waals surface area (Å²) in [7, 11) is 0. The monoisotopic (exact) mass is 256 g/mol. The van der Waals surface area contributed by atoms with Gasteiger partial charge in [-0.15, -0.1) is 0 Å². The van der Waals surface area contributed by atoms with E-state index in [2.05, 4.69) is 10.5 Å². The third kappa shape index (κ3) is 3.19. The molecule has 7 nitrogen and oxygen atoms in total. The molecule has 2 unspecified atom stereocenters. The zero-order valence-electron chi connectivity index (χ0n) is 9.92. The number of carbonyl (C=O) groups excluding carboxylic acids is 1. The second kappa shape index (κ2) is 5.81. The molecule has 18 heavy (non-hydrogen) atoms. The fraction of sp³-hybridized carbons (Fsp3) is 0.727. The summed E-state index contributed by atoms with van der Waals surface area (Å²) >= 11 is 0. The molecule has 0 radical (unpaired) electrons. The number of nitrogens with zero attached hydrogens (tertiary/aromatic N) is 1. The van der Waals surface area contributed by atoms with E-state index in [0.29, 0.717) is 19.1 Å². The van der Waals surface area contributed by atoms with E-state index >= 15 is 0 Å². The average molecular weight is 256 g/mol. The van der Waals surface area contributed by atoms with Gasteiger partial charge >= 0.3 is 5.97 Å². The van der Waals surface area contributed by atoms with E-state index < -0.39 is 12.1 Å². The largest absolute Gasteiger partial charge is 0.477 e. The summed E-state index contributed by atoms with van der Waals surface area (Å²) < 4.78 is 5.31. The Bertz CT molecular complexity index is 362. The van der Waals surface area contributed by atoms with Crippen molar-refractivity contribution in [2.75, 3.05) is 19.8 Å². The number of hydrogen-bond donors (Lipinski definition) is 2. The Labute approximate surface area is 104 Å². The van der Waals surface area contributed by atoms with Crippen LogP contribution >= 0.6 is 0 Å². The number of ether oxygens (including phenoxy) is 1. The molecule has 0 aromatic heterocycles. The van der Waals surface area contributed by atoms with Crippen LogP contribution in [0.2, 0.25) is 0 Å². The van der Waals surface area contributed by atoms with Crippen molar-refractivity contribution in [2.45, 2.75) is 25.4 Å². The van der Waals surface area contributed by atoms with E-state index in [1.807, 2.05) is 0 Å². The minimum atomic E-state index is -1.15. The molecule has 0 aliphatic carbocycles. The van der Waals surface area contributed by atoms with Crippen LogP contribution in [0.25, 0.3) is 0 Å². The first kappa shape index (κ1) is 12.8. The summed E-state index contributed by atoms with van der Waals surface area (Å²) in [5, 5.41) is 14.8. The molecular weight excluding hydrogens is 240 g/mol. The maximum atomic E-state index is 11.7. The second-order valence-corrected chi connectivity index (χ2v) is 4.47. The van der Waals surface area contributed by atoms with Crippen LogP contribution in [0.4, 0.5) is 0 Å². The van der Waals surface area contributed by atoms with Crippen molar-refractivity contribution < 1.29 is 24.3 Å². The molecule has 100 valence electrons. The van der Waals surface area contributed by atoms with Crippen LogP contribution < -0.4 is 5.32 Å². The molecule has 1 saturated heterocycles. The molecule has 0 bridgehead atoms. The first-order valence-corrected chi connectivity index (χ1v) is 5.98. The van der Waals surface area contributed by atoms with Gasteiger partial charge in [-0.2, -0.15) is 0 Å². The number of carboxylic acid groups (broad SMARTS) is 1. The molecular formula is C11H16N2O5. The van der Waals surface area contributed by atoms with Crippen molar-refractivity contribution in [2.24, 2.45) is 11.1 Å². The highest BCUT2D eigenvalue weighted by atomic mass is 16.6. The number of amides is 1. The van der Waals surface area contributed by atoms with Gasteiger partial charge in [-0.25, -0.2) is 4.79 Å².